The van der Waals surface area contributed by atoms with Crippen LogP contribution >= 0.6 is 0 Å². The maximum atomic E-state index is 12.5. The number of benzene rings is 2. The second-order valence-electron chi connectivity index (χ2n) is 5.82. The summed E-state index contributed by atoms with van der Waals surface area (Å²) >= 11 is 0. The first-order chi connectivity index (χ1) is 12.5. The molecule has 0 saturated heterocycles. The largest absolute Gasteiger partial charge is 0.497 e. The van der Waals surface area contributed by atoms with Gasteiger partial charge in [-0.05, 0) is 42.8 Å². The highest BCUT2D eigenvalue weighted by Gasteiger charge is 2.17. The van der Waals surface area contributed by atoms with Crippen molar-refractivity contribution in [3.8, 4) is 11.5 Å². The number of carbonyl (C=O) groups excluding carboxylic acids is 1. The van der Waals surface area contributed by atoms with Crippen molar-refractivity contribution in [1.82, 2.24) is 5.32 Å². The van der Waals surface area contributed by atoms with E-state index in [2.05, 4.69) is 5.32 Å². The summed E-state index contributed by atoms with van der Waals surface area (Å²) in [6, 6.07) is 13.7. The van der Waals surface area contributed by atoms with E-state index in [0.29, 0.717) is 16.7 Å². The van der Waals surface area contributed by atoms with Gasteiger partial charge in [0.1, 0.15) is 22.6 Å². The van der Waals surface area contributed by atoms with Gasteiger partial charge in [-0.2, -0.15) is 0 Å². The van der Waals surface area contributed by atoms with E-state index in [9.17, 15) is 9.59 Å². The number of methoxy groups -OCH3 is 2. The molecule has 1 N–H and O–H groups in total. The third-order valence-electron chi connectivity index (χ3n) is 4.15. The van der Waals surface area contributed by atoms with Crippen molar-refractivity contribution in [2.75, 3.05) is 14.2 Å². The Labute approximate surface area is 150 Å². The van der Waals surface area contributed by atoms with Gasteiger partial charge in [-0.25, -0.2) is 4.79 Å². The van der Waals surface area contributed by atoms with E-state index >= 15 is 0 Å². The van der Waals surface area contributed by atoms with Crippen LogP contribution in [0.3, 0.4) is 0 Å². The molecule has 0 saturated carbocycles. The minimum absolute atomic E-state index is 0.0389. The lowest BCUT2D eigenvalue weighted by Crippen LogP contribution is -2.30. The first kappa shape index (κ1) is 17.5. The van der Waals surface area contributed by atoms with Gasteiger partial charge in [0.25, 0.3) is 5.91 Å². The van der Waals surface area contributed by atoms with Crippen molar-refractivity contribution >= 4 is 16.9 Å². The maximum absolute atomic E-state index is 12.5. The number of amides is 1. The van der Waals surface area contributed by atoms with Crippen LogP contribution in [0.25, 0.3) is 11.0 Å². The third kappa shape index (κ3) is 3.54. The smallest absolute Gasteiger partial charge is 0.349 e. The van der Waals surface area contributed by atoms with Crippen molar-refractivity contribution in [3.05, 3.63) is 70.1 Å². The van der Waals surface area contributed by atoms with Gasteiger partial charge in [0.05, 0.1) is 20.3 Å². The van der Waals surface area contributed by atoms with Crippen LogP contribution in [0, 0.1) is 0 Å². The van der Waals surface area contributed by atoms with Gasteiger partial charge in [0.15, 0.2) is 0 Å². The molecule has 0 bridgehead atoms. The highest BCUT2D eigenvalue weighted by Crippen LogP contribution is 2.21. The Hall–Kier alpha value is -3.28. The van der Waals surface area contributed by atoms with Crippen LogP contribution in [0.15, 0.2) is 57.7 Å². The molecule has 0 aliphatic rings. The highest BCUT2D eigenvalue weighted by atomic mass is 16.5. The minimum atomic E-state index is -0.690. The molecule has 0 fully saturated rings. The average Bonchev–Trinajstić information content (AvgIpc) is 2.66. The van der Waals surface area contributed by atoms with Crippen molar-refractivity contribution in [1.29, 1.82) is 0 Å². The standard InChI is InChI=1S/C20H19NO5/c1-12(13-4-7-15(24-2)8-5-13)21-19(22)17-10-14-6-9-16(25-3)11-18(14)26-20(17)23/h4-12H,1-3H3,(H,21,22)/t12-/m0/s1. The molecule has 0 aliphatic carbocycles. The third-order valence-corrected chi connectivity index (χ3v) is 4.15. The van der Waals surface area contributed by atoms with Crippen LogP contribution in [-0.2, 0) is 0 Å². The molecule has 1 aromatic heterocycles. The van der Waals surface area contributed by atoms with Crippen LogP contribution in [0.1, 0.15) is 28.9 Å². The summed E-state index contributed by atoms with van der Waals surface area (Å²) in [6.07, 6.45) is 0. The van der Waals surface area contributed by atoms with Crippen LogP contribution in [0.5, 0.6) is 11.5 Å². The molecule has 0 radical (unpaired) electrons. The highest BCUT2D eigenvalue weighted by molar-refractivity contribution is 5.97. The topological polar surface area (TPSA) is 77.8 Å². The Morgan fingerprint density at radius 1 is 1.00 bits per heavy atom. The second kappa shape index (κ2) is 7.31. The van der Waals surface area contributed by atoms with E-state index in [1.165, 1.54) is 13.2 Å². The Bertz CT molecular complexity index is 991. The molecule has 2 aromatic carbocycles. The van der Waals surface area contributed by atoms with Gasteiger partial charge in [-0.15, -0.1) is 0 Å². The lowest BCUT2D eigenvalue weighted by molar-refractivity contribution is 0.0936. The minimum Gasteiger partial charge on any atom is -0.497 e. The molecule has 3 rings (SSSR count). The van der Waals surface area contributed by atoms with E-state index < -0.39 is 11.5 Å². The summed E-state index contributed by atoms with van der Waals surface area (Å²) < 4.78 is 15.5. The van der Waals surface area contributed by atoms with Crippen molar-refractivity contribution in [2.45, 2.75) is 13.0 Å². The molecule has 0 unspecified atom stereocenters. The second-order valence-corrected chi connectivity index (χ2v) is 5.82. The number of ether oxygens (including phenoxy) is 2. The number of hydrogen-bond donors (Lipinski definition) is 1. The predicted octanol–water partition coefficient (Wildman–Crippen LogP) is 3.30. The number of fused-ring (bicyclic) bond motifs is 1. The first-order valence-corrected chi connectivity index (χ1v) is 8.08. The number of rotatable bonds is 5. The van der Waals surface area contributed by atoms with Gasteiger partial charge in [-0.1, -0.05) is 12.1 Å². The van der Waals surface area contributed by atoms with E-state index in [1.807, 2.05) is 31.2 Å². The fourth-order valence-corrected chi connectivity index (χ4v) is 2.63. The normalized spacial score (nSPS) is 11.8. The zero-order chi connectivity index (χ0) is 18.7. The summed E-state index contributed by atoms with van der Waals surface area (Å²) in [5.41, 5.74) is 0.538. The van der Waals surface area contributed by atoms with E-state index in [1.54, 1.807) is 25.3 Å². The maximum Gasteiger partial charge on any atom is 0.349 e. The van der Waals surface area contributed by atoms with Crippen LogP contribution in [0.2, 0.25) is 0 Å². The van der Waals surface area contributed by atoms with E-state index in [0.717, 1.165) is 11.3 Å². The quantitative estimate of drug-likeness (QED) is 0.712. The monoisotopic (exact) mass is 353 g/mol. The van der Waals surface area contributed by atoms with Crippen molar-refractivity contribution in [3.63, 3.8) is 0 Å². The fraction of sp³-hybridized carbons (Fsp3) is 0.200. The predicted molar refractivity (Wildman–Crippen MR) is 97.9 cm³/mol. The van der Waals surface area contributed by atoms with Crippen LogP contribution in [0.4, 0.5) is 0 Å². The molecular formula is C20H19NO5. The molecule has 0 aliphatic heterocycles. The van der Waals surface area contributed by atoms with Gasteiger partial charge in [0, 0.05) is 11.5 Å². The van der Waals surface area contributed by atoms with Crippen molar-refractivity contribution in [2.24, 2.45) is 0 Å². The molecule has 1 amide bonds. The van der Waals surface area contributed by atoms with Crippen LogP contribution < -0.4 is 20.4 Å². The molecule has 1 heterocycles. The Morgan fingerprint density at radius 2 is 1.65 bits per heavy atom. The molecule has 134 valence electrons. The number of nitrogens with one attached hydrogen (secondary N) is 1. The zero-order valence-corrected chi connectivity index (χ0v) is 14.7. The molecule has 1 atom stereocenters. The van der Waals surface area contributed by atoms with Gasteiger partial charge in [-0.3, -0.25) is 4.79 Å². The first-order valence-electron chi connectivity index (χ1n) is 8.08. The van der Waals surface area contributed by atoms with Crippen molar-refractivity contribution < 1.29 is 18.7 Å². The number of carbonyl (C=O) groups is 1. The average molecular weight is 353 g/mol. The number of hydrogen-bond acceptors (Lipinski definition) is 5. The molecule has 0 spiro atoms. The van der Waals surface area contributed by atoms with Gasteiger partial charge >= 0.3 is 5.63 Å². The molecule has 3 aromatic rings. The summed E-state index contributed by atoms with van der Waals surface area (Å²) in [4.78, 5) is 24.7. The SMILES string of the molecule is COc1ccc([C@H](C)NC(=O)c2cc3ccc(OC)cc3oc2=O)cc1. The van der Waals surface area contributed by atoms with E-state index in [-0.39, 0.29) is 11.6 Å². The lowest BCUT2D eigenvalue weighted by atomic mass is 10.1. The molecular weight excluding hydrogens is 334 g/mol. The summed E-state index contributed by atoms with van der Waals surface area (Å²) in [5.74, 6) is 0.823. The Kier molecular flexibility index (Phi) is 4.93. The fourth-order valence-electron chi connectivity index (χ4n) is 2.63. The van der Waals surface area contributed by atoms with Gasteiger partial charge in [0.2, 0.25) is 0 Å². The Morgan fingerprint density at radius 3 is 2.31 bits per heavy atom. The Balaban J connectivity index is 1.84. The summed E-state index contributed by atoms with van der Waals surface area (Å²) in [6.45, 7) is 1.84. The molecule has 6 nitrogen and oxygen atoms in total. The summed E-state index contributed by atoms with van der Waals surface area (Å²) in [5, 5.41) is 3.46. The van der Waals surface area contributed by atoms with E-state index in [4.69, 9.17) is 13.9 Å². The summed E-state index contributed by atoms with van der Waals surface area (Å²) in [7, 11) is 3.12. The molecule has 6 heteroatoms. The van der Waals surface area contributed by atoms with Crippen LogP contribution in [-0.4, -0.2) is 20.1 Å². The van der Waals surface area contributed by atoms with Gasteiger partial charge < -0.3 is 19.2 Å². The lowest BCUT2D eigenvalue weighted by Gasteiger charge is -2.14. The molecule has 26 heavy (non-hydrogen) atoms. The zero-order valence-electron chi connectivity index (χ0n) is 14.7.